The smallest absolute Gasteiger partial charge is 0.330 e. The zero-order valence-electron chi connectivity index (χ0n) is 13.3. The number of fused-ring (bicyclic) bond motifs is 2. The van der Waals surface area contributed by atoms with Crippen LogP contribution in [0.5, 0.6) is 0 Å². The number of aliphatic hydroxyl groups is 1. The molecule has 0 atom stereocenters. The lowest BCUT2D eigenvalue weighted by atomic mass is 10.0. The van der Waals surface area contributed by atoms with Crippen LogP contribution in [0, 0.1) is 11.8 Å². The summed E-state index contributed by atoms with van der Waals surface area (Å²) in [7, 11) is 0. The largest absolute Gasteiger partial charge is 0.460 e. The summed E-state index contributed by atoms with van der Waals surface area (Å²) in [6, 6.07) is 0. The molecule has 2 bridgehead atoms. The van der Waals surface area contributed by atoms with Crippen LogP contribution in [0.4, 0.5) is 0 Å². The molecule has 0 aromatic carbocycles. The minimum atomic E-state index is -0.501. The molecule has 128 valence electrons. The SMILES string of the molecule is C1CC2CCC1C2.C=CC(=O)OCCO.O=C=NCCN=C=O. The van der Waals surface area contributed by atoms with E-state index in [1.165, 1.54) is 24.0 Å². The quantitative estimate of drug-likeness (QED) is 0.262. The Kier molecular flexibility index (Phi) is 13.5. The van der Waals surface area contributed by atoms with E-state index in [9.17, 15) is 14.4 Å². The predicted octanol–water partition coefficient (Wildman–Crippen LogP) is 1.56. The van der Waals surface area contributed by atoms with Crippen LogP contribution < -0.4 is 0 Å². The van der Waals surface area contributed by atoms with Crippen molar-refractivity contribution in [3.63, 3.8) is 0 Å². The highest BCUT2D eigenvalue weighted by Crippen LogP contribution is 2.43. The van der Waals surface area contributed by atoms with E-state index in [1.54, 1.807) is 32.1 Å². The number of carbonyl (C=O) groups excluding carboxylic acids is 3. The second kappa shape index (κ2) is 14.9. The van der Waals surface area contributed by atoms with E-state index in [0.29, 0.717) is 0 Å². The molecule has 2 fully saturated rings. The van der Waals surface area contributed by atoms with Crippen LogP contribution in [0.3, 0.4) is 0 Å². The first kappa shape index (κ1) is 20.9. The molecule has 0 aromatic rings. The first-order chi connectivity index (χ1) is 11.2. The average molecular weight is 324 g/mol. The number of carbonyl (C=O) groups is 1. The normalized spacial score (nSPS) is 19.7. The lowest BCUT2D eigenvalue weighted by Crippen LogP contribution is -2.04. The summed E-state index contributed by atoms with van der Waals surface area (Å²) < 4.78 is 4.33. The number of nitrogens with zero attached hydrogens (tertiary/aromatic N) is 2. The molecule has 0 amide bonds. The van der Waals surface area contributed by atoms with Crippen LogP contribution in [0.2, 0.25) is 0 Å². The van der Waals surface area contributed by atoms with E-state index in [1.807, 2.05) is 0 Å². The van der Waals surface area contributed by atoms with Gasteiger partial charge in [0.1, 0.15) is 6.61 Å². The summed E-state index contributed by atoms with van der Waals surface area (Å²) in [5, 5.41) is 8.10. The Bertz CT molecular complexity index is 404. The van der Waals surface area contributed by atoms with E-state index < -0.39 is 5.97 Å². The van der Waals surface area contributed by atoms with E-state index >= 15 is 0 Å². The molecule has 2 saturated carbocycles. The molecular weight excluding hydrogens is 300 g/mol. The highest BCUT2D eigenvalue weighted by molar-refractivity contribution is 5.81. The average Bonchev–Trinajstić information content (AvgIpc) is 3.23. The van der Waals surface area contributed by atoms with Crippen molar-refractivity contribution in [3.05, 3.63) is 12.7 Å². The number of isocyanates is 2. The van der Waals surface area contributed by atoms with Gasteiger partial charge in [0.15, 0.2) is 0 Å². The molecule has 2 rings (SSSR count). The molecule has 2 aliphatic rings. The standard InChI is InChI=1S/C7H12.C5H8O3.C4H4N2O2/c1-2-7-4-3-6(1)5-7;1-2-5(7)8-4-3-6;7-3-5-1-2-6-4-8/h6-7H,1-5H2;2,6H,1,3-4H2;1-2H2. The van der Waals surface area contributed by atoms with Gasteiger partial charge in [-0.1, -0.05) is 32.3 Å². The van der Waals surface area contributed by atoms with Gasteiger partial charge in [0.05, 0.1) is 19.7 Å². The molecule has 0 aromatic heterocycles. The van der Waals surface area contributed by atoms with Gasteiger partial charge < -0.3 is 9.84 Å². The molecule has 0 spiro atoms. The highest BCUT2D eigenvalue weighted by atomic mass is 16.5. The lowest BCUT2D eigenvalue weighted by molar-refractivity contribution is -0.138. The third-order valence-corrected chi connectivity index (χ3v) is 3.59. The zero-order valence-corrected chi connectivity index (χ0v) is 13.3. The fraction of sp³-hybridized carbons (Fsp3) is 0.688. The third-order valence-electron chi connectivity index (χ3n) is 3.59. The number of rotatable bonds is 6. The number of hydrogen-bond acceptors (Lipinski definition) is 7. The van der Waals surface area contributed by atoms with Gasteiger partial charge in [-0.2, -0.15) is 0 Å². The first-order valence-corrected chi connectivity index (χ1v) is 7.65. The number of hydrogen-bond donors (Lipinski definition) is 1. The van der Waals surface area contributed by atoms with Gasteiger partial charge in [-0.15, -0.1) is 0 Å². The van der Waals surface area contributed by atoms with E-state index in [4.69, 9.17) is 5.11 Å². The van der Waals surface area contributed by atoms with Crippen molar-refractivity contribution in [2.45, 2.75) is 32.1 Å². The molecule has 1 N–H and O–H groups in total. The maximum absolute atomic E-state index is 10.1. The van der Waals surface area contributed by atoms with Crippen LogP contribution in [0.25, 0.3) is 0 Å². The minimum absolute atomic E-state index is 0.0465. The summed E-state index contributed by atoms with van der Waals surface area (Å²) in [6.45, 7) is 3.51. The molecular formula is C16H24N2O5. The van der Waals surface area contributed by atoms with Gasteiger partial charge >= 0.3 is 5.97 Å². The molecule has 23 heavy (non-hydrogen) atoms. The maximum Gasteiger partial charge on any atom is 0.330 e. The monoisotopic (exact) mass is 324 g/mol. The summed E-state index contributed by atoms with van der Waals surface area (Å²) in [6.07, 6.45) is 11.5. The molecule has 0 heterocycles. The Morgan fingerprint density at radius 1 is 1.13 bits per heavy atom. The molecule has 7 heteroatoms. The summed E-state index contributed by atoms with van der Waals surface area (Å²) in [4.78, 5) is 35.1. The van der Waals surface area contributed by atoms with E-state index in [-0.39, 0.29) is 26.3 Å². The topological polar surface area (TPSA) is 105 Å². The van der Waals surface area contributed by atoms with Crippen LogP contribution in [-0.4, -0.2) is 49.5 Å². The van der Waals surface area contributed by atoms with Crippen LogP contribution in [0.15, 0.2) is 22.6 Å². The van der Waals surface area contributed by atoms with Gasteiger partial charge in [0.25, 0.3) is 0 Å². The van der Waals surface area contributed by atoms with Crippen LogP contribution >= 0.6 is 0 Å². The van der Waals surface area contributed by atoms with E-state index in [2.05, 4.69) is 21.3 Å². The zero-order chi connectivity index (χ0) is 17.3. The van der Waals surface area contributed by atoms with Crippen molar-refractivity contribution in [1.29, 1.82) is 0 Å². The maximum atomic E-state index is 10.1. The molecule has 0 radical (unpaired) electrons. The van der Waals surface area contributed by atoms with Crippen LogP contribution in [0.1, 0.15) is 32.1 Å². The number of aliphatic hydroxyl groups excluding tert-OH is 1. The first-order valence-electron chi connectivity index (χ1n) is 7.65. The van der Waals surface area contributed by atoms with Crippen molar-refractivity contribution in [2.75, 3.05) is 26.3 Å². The summed E-state index contributed by atoms with van der Waals surface area (Å²) in [5.74, 6) is 1.84. The second-order valence-corrected chi connectivity index (χ2v) is 5.16. The van der Waals surface area contributed by atoms with Crippen molar-refractivity contribution in [2.24, 2.45) is 21.8 Å². The third kappa shape index (κ3) is 12.2. The molecule has 0 unspecified atom stereocenters. The number of aliphatic imine (C=N–C) groups is 2. The van der Waals surface area contributed by atoms with Crippen molar-refractivity contribution < 1.29 is 24.2 Å². The molecule has 0 aliphatic heterocycles. The van der Waals surface area contributed by atoms with Gasteiger partial charge in [-0.25, -0.2) is 24.4 Å². The fourth-order valence-corrected chi connectivity index (χ4v) is 2.57. The molecule has 7 nitrogen and oxygen atoms in total. The molecule has 0 saturated heterocycles. The minimum Gasteiger partial charge on any atom is -0.460 e. The van der Waals surface area contributed by atoms with Gasteiger partial charge in [-0.05, 0) is 18.3 Å². The second-order valence-electron chi connectivity index (χ2n) is 5.16. The summed E-state index contributed by atoms with van der Waals surface area (Å²) >= 11 is 0. The lowest BCUT2D eigenvalue weighted by Gasteiger charge is -2.05. The fourth-order valence-electron chi connectivity index (χ4n) is 2.57. The van der Waals surface area contributed by atoms with Gasteiger partial charge in [0.2, 0.25) is 12.2 Å². The van der Waals surface area contributed by atoms with E-state index in [0.717, 1.165) is 6.08 Å². The van der Waals surface area contributed by atoms with Crippen molar-refractivity contribution in [3.8, 4) is 0 Å². The Morgan fingerprint density at radius 2 is 1.61 bits per heavy atom. The predicted molar refractivity (Wildman–Crippen MR) is 84.3 cm³/mol. The number of esters is 1. The Balaban J connectivity index is 0.000000315. The Morgan fingerprint density at radius 3 is 1.87 bits per heavy atom. The highest BCUT2D eigenvalue weighted by Gasteiger charge is 2.30. The summed E-state index contributed by atoms with van der Waals surface area (Å²) in [5.41, 5.74) is 0. The van der Waals surface area contributed by atoms with Gasteiger partial charge in [0, 0.05) is 6.08 Å². The number of ether oxygens (including phenoxy) is 1. The van der Waals surface area contributed by atoms with Gasteiger partial charge in [-0.3, -0.25) is 0 Å². The van der Waals surface area contributed by atoms with Crippen molar-refractivity contribution >= 4 is 18.1 Å². The molecule has 2 aliphatic carbocycles. The van der Waals surface area contributed by atoms with Crippen molar-refractivity contribution in [1.82, 2.24) is 0 Å². The Labute approximate surface area is 136 Å². The van der Waals surface area contributed by atoms with Crippen LogP contribution in [-0.2, 0) is 19.1 Å². The Hall–Kier alpha value is -2.07.